The van der Waals surface area contributed by atoms with Gasteiger partial charge in [-0.2, -0.15) is 0 Å². The summed E-state index contributed by atoms with van der Waals surface area (Å²) in [6.45, 7) is 8.67. The molecular formula is C27H47N3O3. The largest absolute Gasteiger partial charge is 0.369 e. The third kappa shape index (κ3) is 4.43. The number of imide groups is 1. The highest BCUT2D eigenvalue weighted by atomic mass is 16.2. The van der Waals surface area contributed by atoms with E-state index in [-0.39, 0.29) is 35.5 Å². The van der Waals surface area contributed by atoms with E-state index in [1.807, 2.05) is 6.92 Å². The molecule has 0 bridgehead atoms. The number of hydrogen-bond donors (Lipinski definition) is 3. The van der Waals surface area contributed by atoms with E-state index in [1.165, 1.54) is 0 Å². The Morgan fingerprint density at radius 1 is 0.667 bits per heavy atom. The van der Waals surface area contributed by atoms with Gasteiger partial charge < -0.3 is 11.5 Å². The van der Waals surface area contributed by atoms with Gasteiger partial charge in [-0.25, -0.2) is 4.79 Å². The molecule has 6 heteroatoms. The SMILES string of the molecule is CC1CCCCC1C(C)(C(=O)NC(N)=O)C(C(N)=O)(C1CCCCC1C)C1CCCCC1C. The quantitative estimate of drug-likeness (QED) is 0.508. The van der Waals surface area contributed by atoms with Gasteiger partial charge in [0.15, 0.2) is 0 Å². The zero-order valence-corrected chi connectivity index (χ0v) is 21.3. The monoisotopic (exact) mass is 461 g/mol. The van der Waals surface area contributed by atoms with E-state index in [0.717, 1.165) is 77.0 Å². The Kier molecular flexibility index (Phi) is 8.16. The molecule has 0 saturated heterocycles. The van der Waals surface area contributed by atoms with Crippen LogP contribution < -0.4 is 16.8 Å². The number of nitrogens with one attached hydrogen (secondary N) is 1. The highest BCUT2D eigenvalue weighted by molar-refractivity contribution is 6.00. The fourth-order valence-electron chi connectivity index (χ4n) is 8.73. The molecule has 0 aliphatic heterocycles. The first-order valence-electron chi connectivity index (χ1n) is 13.5. The summed E-state index contributed by atoms with van der Waals surface area (Å²) in [6, 6.07) is -0.846. The fraction of sp³-hybridized carbons (Fsp3) is 0.889. The summed E-state index contributed by atoms with van der Waals surface area (Å²) in [4.78, 5) is 40.1. The molecule has 0 spiro atoms. The lowest BCUT2D eigenvalue weighted by Crippen LogP contribution is -2.69. The van der Waals surface area contributed by atoms with Crippen molar-refractivity contribution in [1.29, 1.82) is 0 Å². The molecule has 33 heavy (non-hydrogen) atoms. The van der Waals surface area contributed by atoms with Crippen molar-refractivity contribution < 1.29 is 14.4 Å². The van der Waals surface area contributed by atoms with Crippen LogP contribution in [0.1, 0.15) is 105 Å². The van der Waals surface area contributed by atoms with E-state index in [4.69, 9.17) is 11.5 Å². The zero-order chi connectivity index (χ0) is 24.4. The lowest BCUT2D eigenvalue weighted by Gasteiger charge is -2.61. The number of hydrogen-bond acceptors (Lipinski definition) is 3. The van der Waals surface area contributed by atoms with Crippen LogP contribution in [0.3, 0.4) is 0 Å². The summed E-state index contributed by atoms with van der Waals surface area (Å²) in [5.41, 5.74) is 9.95. The van der Waals surface area contributed by atoms with E-state index in [9.17, 15) is 14.4 Å². The average molecular weight is 462 g/mol. The van der Waals surface area contributed by atoms with Crippen LogP contribution >= 0.6 is 0 Å². The maximum Gasteiger partial charge on any atom is 0.318 e. The third-order valence-corrected chi connectivity index (χ3v) is 10.2. The first-order valence-corrected chi connectivity index (χ1v) is 13.5. The molecule has 3 aliphatic rings. The predicted octanol–water partition coefficient (Wildman–Crippen LogP) is 5.14. The van der Waals surface area contributed by atoms with Gasteiger partial charge >= 0.3 is 6.03 Å². The lowest BCUT2D eigenvalue weighted by molar-refractivity contribution is -0.187. The van der Waals surface area contributed by atoms with Gasteiger partial charge in [0.1, 0.15) is 0 Å². The van der Waals surface area contributed by atoms with Crippen molar-refractivity contribution in [2.24, 2.45) is 57.8 Å². The third-order valence-electron chi connectivity index (χ3n) is 10.2. The van der Waals surface area contributed by atoms with Crippen molar-refractivity contribution in [3.8, 4) is 0 Å². The highest BCUT2D eigenvalue weighted by Crippen LogP contribution is 2.65. The van der Waals surface area contributed by atoms with E-state index in [2.05, 4.69) is 26.1 Å². The van der Waals surface area contributed by atoms with Crippen molar-refractivity contribution in [2.75, 3.05) is 0 Å². The van der Waals surface area contributed by atoms with Crippen LogP contribution in [-0.2, 0) is 9.59 Å². The molecule has 0 aromatic heterocycles. The van der Waals surface area contributed by atoms with E-state index in [1.54, 1.807) is 0 Å². The molecule has 3 fully saturated rings. The first-order chi connectivity index (χ1) is 15.6. The minimum Gasteiger partial charge on any atom is -0.369 e. The Bertz CT molecular complexity index is 716. The number of carbonyl (C=O) groups excluding carboxylic acids is 3. The summed E-state index contributed by atoms with van der Waals surface area (Å²) in [6.07, 6.45) is 12.4. The summed E-state index contributed by atoms with van der Waals surface area (Å²) in [5, 5.41) is 2.46. The number of carbonyl (C=O) groups is 3. The molecule has 3 aliphatic carbocycles. The van der Waals surface area contributed by atoms with Gasteiger partial charge in [0.2, 0.25) is 11.8 Å². The first kappa shape index (κ1) is 26.0. The number of nitrogens with two attached hydrogens (primary N) is 2. The number of urea groups is 1. The van der Waals surface area contributed by atoms with Gasteiger partial charge in [-0.3, -0.25) is 14.9 Å². The van der Waals surface area contributed by atoms with Crippen LogP contribution in [0.5, 0.6) is 0 Å². The smallest absolute Gasteiger partial charge is 0.318 e. The Hall–Kier alpha value is -1.59. The molecule has 0 aromatic carbocycles. The van der Waals surface area contributed by atoms with Gasteiger partial charge in [0, 0.05) is 0 Å². The van der Waals surface area contributed by atoms with Gasteiger partial charge in [-0.05, 0) is 61.7 Å². The molecule has 3 saturated carbocycles. The lowest BCUT2D eigenvalue weighted by atomic mass is 9.40. The Morgan fingerprint density at radius 2 is 1.03 bits per heavy atom. The van der Waals surface area contributed by atoms with Crippen LogP contribution in [0.25, 0.3) is 0 Å². The second-order valence-corrected chi connectivity index (χ2v) is 11.9. The molecule has 6 nitrogen and oxygen atoms in total. The number of amides is 4. The Balaban J connectivity index is 2.31. The van der Waals surface area contributed by atoms with E-state index >= 15 is 0 Å². The van der Waals surface area contributed by atoms with Crippen molar-refractivity contribution in [1.82, 2.24) is 5.32 Å². The zero-order valence-electron chi connectivity index (χ0n) is 21.3. The molecule has 3 rings (SSSR count). The minimum absolute atomic E-state index is 0.0126. The van der Waals surface area contributed by atoms with Crippen molar-refractivity contribution >= 4 is 17.8 Å². The van der Waals surface area contributed by atoms with Crippen molar-refractivity contribution in [3.63, 3.8) is 0 Å². The topological polar surface area (TPSA) is 115 Å². The van der Waals surface area contributed by atoms with Crippen molar-refractivity contribution in [3.05, 3.63) is 0 Å². The average Bonchev–Trinajstić information content (AvgIpc) is 2.76. The second-order valence-electron chi connectivity index (χ2n) is 11.9. The molecule has 0 aromatic rings. The molecular weight excluding hydrogens is 414 g/mol. The standard InChI is InChI=1S/C27H47N3O3/c1-17-11-5-8-14-20(17)26(4,24(32)30-25(29)33)27(23(28)31,21-15-9-6-12-18(21)2)22-16-10-7-13-19(22)3/h17-22H,5-16H2,1-4H3,(H2,28,31)(H3,29,30,32,33). The summed E-state index contributed by atoms with van der Waals surface area (Å²) in [7, 11) is 0. The fourth-order valence-corrected chi connectivity index (χ4v) is 8.73. The van der Waals surface area contributed by atoms with Crippen molar-refractivity contribution in [2.45, 2.75) is 105 Å². The molecule has 7 unspecified atom stereocenters. The van der Waals surface area contributed by atoms with Gasteiger partial charge in [-0.1, -0.05) is 78.6 Å². The Morgan fingerprint density at radius 3 is 1.36 bits per heavy atom. The maximum absolute atomic E-state index is 14.2. The molecule has 0 heterocycles. The summed E-state index contributed by atoms with van der Waals surface area (Å²) >= 11 is 0. The van der Waals surface area contributed by atoms with Crippen LogP contribution in [0.4, 0.5) is 4.79 Å². The molecule has 7 atom stereocenters. The highest BCUT2D eigenvalue weighted by Gasteiger charge is 2.68. The van der Waals surface area contributed by atoms with Crippen LogP contribution in [0, 0.1) is 46.3 Å². The second kappa shape index (κ2) is 10.4. The molecule has 4 amide bonds. The maximum atomic E-state index is 14.2. The normalized spacial score (nSPS) is 36.7. The Labute approximate surface area is 200 Å². The van der Waals surface area contributed by atoms with Gasteiger partial charge in [0.25, 0.3) is 0 Å². The molecule has 0 radical (unpaired) electrons. The molecule has 188 valence electrons. The summed E-state index contributed by atoms with van der Waals surface area (Å²) < 4.78 is 0. The van der Waals surface area contributed by atoms with Gasteiger partial charge in [-0.15, -0.1) is 0 Å². The molecule has 5 N–H and O–H groups in total. The van der Waals surface area contributed by atoms with E-state index in [0.29, 0.717) is 11.8 Å². The van der Waals surface area contributed by atoms with Gasteiger partial charge in [0.05, 0.1) is 10.8 Å². The van der Waals surface area contributed by atoms with E-state index < -0.39 is 16.9 Å². The van der Waals surface area contributed by atoms with Crippen LogP contribution in [0.15, 0.2) is 0 Å². The van der Waals surface area contributed by atoms with Crippen LogP contribution in [-0.4, -0.2) is 17.8 Å². The minimum atomic E-state index is -1.08. The number of primary amides is 2. The van der Waals surface area contributed by atoms with Crippen LogP contribution in [0.2, 0.25) is 0 Å². The predicted molar refractivity (Wildman–Crippen MR) is 131 cm³/mol. The summed E-state index contributed by atoms with van der Waals surface area (Å²) in [5.74, 6) is 0.224. The number of rotatable bonds is 6.